The van der Waals surface area contributed by atoms with Crippen LogP contribution in [0.3, 0.4) is 0 Å². The summed E-state index contributed by atoms with van der Waals surface area (Å²) >= 11 is 0. The number of aromatic nitrogens is 1. The Hall–Kier alpha value is -2.44. The van der Waals surface area contributed by atoms with E-state index < -0.39 is 0 Å². The van der Waals surface area contributed by atoms with Gasteiger partial charge in [0.1, 0.15) is 5.58 Å². The molecule has 0 aliphatic carbocycles. The number of benzene rings is 2. The molecule has 8 heteroatoms. The third kappa shape index (κ3) is 5.13. The molecule has 0 amide bonds. The van der Waals surface area contributed by atoms with Gasteiger partial charge in [0.05, 0.1) is 17.1 Å². The van der Waals surface area contributed by atoms with Crippen molar-refractivity contribution in [2.75, 3.05) is 37.6 Å². The number of nitrogens with zero attached hydrogens (tertiary/aromatic N) is 4. The van der Waals surface area contributed by atoms with Crippen LogP contribution in [0.2, 0.25) is 0 Å². The zero-order valence-corrected chi connectivity index (χ0v) is 23.0. The number of unbranched alkanes of at least 4 members (excludes halogenated alkanes) is 1. The molecule has 2 aromatic carbocycles. The summed E-state index contributed by atoms with van der Waals surface area (Å²) in [6.07, 6.45) is 7.31. The Morgan fingerprint density at radius 3 is 2.65 bits per heavy atom. The summed E-state index contributed by atoms with van der Waals surface area (Å²) in [5.74, 6) is 0.250. The van der Waals surface area contributed by atoms with E-state index in [0.717, 1.165) is 68.5 Å². The van der Waals surface area contributed by atoms with Crippen LogP contribution in [0.1, 0.15) is 29.7 Å². The summed E-state index contributed by atoms with van der Waals surface area (Å²) in [4.78, 5) is 15.8. The van der Waals surface area contributed by atoms with Crippen LogP contribution in [-0.2, 0) is 32.3 Å². The molecule has 4 aromatic rings. The van der Waals surface area contributed by atoms with E-state index in [4.69, 9.17) is 4.42 Å². The molecular formula is C26H26N4O2PW-. The first-order valence-corrected chi connectivity index (χ1v) is 11.8. The van der Waals surface area contributed by atoms with Crippen molar-refractivity contribution >= 4 is 43.2 Å². The molecule has 34 heavy (non-hydrogen) atoms. The Balaban J connectivity index is 0.00000274. The minimum atomic E-state index is 0. The summed E-state index contributed by atoms with van der Waals surface area (Å²) in [5, 5.41) is 11.3. The van der Waals surface area contributed by atoms with Crippen molar-refractivity contribution in [2.24, 2.45) is 0 Å². The van der Waals surface area contributed by atoms with E-state index in [1.54, 1.807) is 6.07 Å². The van der Waals surface area contributed by atoms with E-state index in [9.17, 15) is 10.1 Å². The predicted octanol–water partition coefficient (Wildman–Crippen LogP) is 4.50. The number of aryl methyl sites for hydroxylation is 1. The Kier molecular flexibility index (Phi) is 7.89. The molecule has 6 nitrogen and oxygen atoms in total. The maximum atomic E-state index is 10.8. The summed E-state index contributed by atoms with van der Waals surface area (Å²) < 4.78 is 7.51. The number of rotatable bonds is 7. The average Bonchev–Trinajstić information content (AvgIpc) is 3.41. The van der Waals surface area contributed by atoms with Crippen molar-refractivity contribution in [3.05, 3.63) is 65.5 Å². The van der Waals surface area contributed by atoms with Crippen LogP contribution in [0.5, 0.6) is 0 Å². The van der Waals surface area contributed by atoms with Crippen molar-refractivity contribution < 1.29 is 30.3 Å². The number of hydrogen-bond acceptors (Lipinski definition) is 5. The molecule has 5 rings (SSSR count). The maximum Gasteiger partial charge on any atom is 0.112 e. The zero-order chi connectivity index (χ0) is 22.8. The molecule has 2 aromatic heterocycles. The molecule has 1 aliphatic heterocycles. The second-order valence-electron chi connectivity index (χ2n) is 8.63. The number of nitriles is 1. The molecular weight excluding hydrogens is 615 g/mol. The Labute approximate surface area is 216 Å². The fraction of sp³-hybridized carbons (Fsp3) is 0.308. The van der Waals surface area contributed by atoms with Crippen molar-refractivity contribution in [3.8, 4) is 6.07 Å². The Morgan fingerprint density at radius 1 is 1.06 bits per heavy atom. The number of furan rings is 1. The van der Waals surface area contributed by atoms with Gasteiger partial charge in [0.15, 0.2) is 0 Å². The largest absolute Gasteiger partial charge is 0.493 e. The van der Waals surface area contributed by atoms with Crippen LogP contribution >= 0.6 is 9.39 Å². The first-order chi connectivity index (χ1) is 16.1. The minimum absolute atomic E-state index is 0. The molecule has 174 valence electrons. The van der Waals surface area contributed by atoms with Crippen LogP contribution in [0.15, 0.2) is 53.1 Å². The minimum Gasteiger partial charge on any atom is -0.493 e. The molecule has 1 saturated heterocycles. The third-order valence-corrected chi connectivity index (χ3v) is 6.98. The van der Waals surface area contributed by atoms with Gasteiger partial charge in [-0.25, -0.2) is 0 Å². The van der Waals surface area contributed by atoms with Crippen molar-refractivity contribution in [1.29, 1.82) is 5.26 Å². The zero-order valence-electron chi connectivity index (χ0n) is 18.9. The average molecular weight is 641 g/mol. The third-order valence-electron chi connectivity index (χ3n) is 6.55. The van der Waals surface area contributed by atoms with Gasteiger partial charge in [0.2, 0.25) is 0 Å². The summed E-state index contributed by atoms with van der Waals surface area (Å²) in [5.41, 5.74) is 5.08. The van der Waals surface area contributed by atoms with Crippen molar-refractivity contribution in [3.63, 3.8) is 0 Å². The normalized spacial score (nSPS) is 14.3. The molecule has 0 N–H and O–H groups in total. The first kappa shape index (κ1) is 24.7. The molecule has 0 spiro atoms. The number of anilines is 1. The topological polar surface area (TPSA) is 65.4 Å². The molecule has 1 unspecified atom stereocenters. The molecule has 0 radical (unpaired) electrons. The summed E-state index contributed by atoms with van der Waals surface area (Å²) in [7, 11) is 2.74. The summed E-state index contributed by atoms with van der Waals surface area (Å²) in [6.45, 7) is 5.19. The number of piperazine rings is 1. The fourth-order valence-corrected chi connectivity index (χ4v) is 5.16. The van der Waals surface area contributed by atoms with Crippen LogP contribution in [-0.4, -0.2) is 48.2 Å². The van der Waals surface area contributed by atoms with Crippen LogP contribution in [0.25, 0.3) is 21.9 Å². The summed E-state index contributed by atoms with van der Waals surface area (Å²) in [6, 6.07) is 16.0. The second-order valence-corrected chi connectivity index (χ2v) is 9.18. The smallest absolute Gasteiger partial charge is 0.112 e. The van der Waals surface area contributed by atoms with Gasteiger partial charge in [-0.15, -0.1) is 0 Å². The number of hydrogen-bond donors (Lipinski definition) is 0. The fourth-order valence-electron chi connectivity index (χ4n) is 4.75. The van der Waals surface area contributed by atoms with Crippen molar-refractivity contribution in [1.82, 2.24) is 9.24 Å². The van der Waals surface area contributed by atoms with Crippen LogP contribution in [0.4, 0.5) is 5.69 Å². The van der Waals surface area contributed by atoms with Crippen LogP contribution < -0.4 is 4.90 Å². The SMILES string of the molecule is N#Cc1ccc2c(c1)c(CCCCN1CCN(c3ccc4oc([C-]=O)cc4c3)CC1)cn2P.[W]. The second kappa shape index (κ2) is 10.9. The van der Waals surface area contributed by atoms with Gasteiger partial charge in [-0.3, -0.25) is 4.90 Å². The first-order valence-electron chi connectivity index (χ1n) is 11.3. The van der Waals surface area contributed by atoms with Gasteiger partial charge in [-0.2, -0.15) is 11.3 Å². The van der Waals surface area contributed by atoms with Gasteiger partial charge in [0.25, 0.3) is 0 Å². The standard InChI is InChI=1S/C26H26N4O2P.W/c27-16-19-4-6-25-24(13-19)20(17-30(25)33)3-1-2-8-28-9-11-29(12-10-28)22-5-7-26-21(14-22)15-23(18-31)32-26;/h4-7,13-15,17H,1-3,8-12,33H2;/q-1;. The maximum absolute atomic E-state index is 10.8. The molecule has 1 aliphatic rings. The van der Waals surface area contributed by atoms with E-state index in [0.29, 0.717) is 5.56 Å². The van der Waals surface area contributed by atoms with E-state index >= 15 is 0 Å². The van der Waals surface area contributed by atoms with Gasteiger partial charge in [-0.05, 0) is 77.2 Å². The number of fused-ring (bicyclic) bond motifs is 2. The Morgan fingerprint density at radius 2 is 1.88 bits per heavy atom. The molecule has 1 fully saturated rings. The van der Waals surface area contributed by atoms with Gasteiger partial charge in [0, 0.05) is 76.6 Å². The molecule has 1 atom stereocenters. The number of carbonyl (C=O) groups excluding carboxylic acids is 1. The predicted molar refractivity (Wildman–Crippen MR) is 134 cm³/mol. The molecule has 0 bridgehead atoms. The van der Waals surface area contributed by atoms with Gasteiger partial charge in [-0.1, -0.05) is 5.39 Å². The molecule has 0 saturated carbocycles. The van der Waals surface area contributed by atoms with Crippen LogP contribution in [0, 0.1) is 11.3 Å². The van der Waals surface area contributed by atoms with E-state index in [2.05, 4.69) is 47.9 Å². The van der Waals surface area contributed by atoms with Crippen molar-refractivity contribution in [2.45, 2.75) is 19.3 Å². The molecule has 3 heterocycles. The Bertz CT molecular complexity index is 1350. The van der Waals surface area contributed by atoms with E-state index in [1.165, 1.54) is 16.6 Å². The van der Waals surface area contributed by atoms with Gasteiger partial charge >= 0.3 is 0 Å². The quantitative estimate of drug-likeness (QED) is 0.169. The van der Waals surface area contributed by atoms with E-state index in [-0.39, 0.29) is 26.8 Å². The monoisotopic (exact) mass is 641 g/mol. The van der Waals surface area contributed by atoms with Gasteiger partial charge < -0.3 is 18.4 Å². The van der Waals surface area contributed by atoms with E-state index in [1.807, 2.05) is 30.6 Å².